The SMILES string of the molecule is CC(C)NC(=O)[C@@H](NC(=O)OC(C)(C)C)c1ccccc1. The van der Waals surface area contributed by atoms with Crippen molar-refractivity contribution in [2.75, 3.05) is 0 Å². The van der Waals surface area contributed by atoms with Gasteiger partial charge in [-0.3, -0.25) is 4.79 Å². The summed E-state index contributed by atoms with van der Waals surface area (Å²) < 4.78 is 5.21. The Morgan fingerprint density at radius 3 is 2.10 bits per heavy atom. The molecule has 0 heterocycles. The molecule has 2 N–H and O–H groups in total. The molecular weight excluding hydrogens is 268 g/mol. The van der Waals surface area contributed by atoms with Gasteiger partial charge in [0.05, 0.1) is 0 Å². The van der Waals surface area contributed by atoms with Gasteiger partial charge in [-0.15, -0.1) is 0 Å². The Morgan fingerprint density at radius 2 is 1.62 bits per heavy atom. The predicted octanol–water partition coefficient (Wildman–Crippen LogP) is 2.78. The van der Waals surface area contributed by atoms with E-state index >= 15 is 0 Å². The molecular formula is C16H24N2O3. The maximum Gasteiger partial charge on any atom is 0.408 e. The van der Waals surface area contributed by atoms with Crippen molar-refractivity contribution < 1.29 is 14.3 Å². The average Bonchev–Trinajstić information content (AvgIpc) is 2.34. The van der Waals surface area contributed by atoms with Crippen molar-refractivity contribution in [2.24, 2.45) is 0 Å². The average molecular weight is 292 g/mol. The quantitative estimate of drug-likeness (QED) is 0.896. The highest BCUT2D eigenvalue weighted by Gasteiger charge is 2.25. The number of alkyl carbamates (subject to hydrolysis) is 1. The largest absolute Gasteiger partial charge is 0.444 e. The van der Waals surface area contributed by atoms with E-state index in [-0.39, 0.29) is 11.9 Å². The molecule has 1 aromatic rings. The summed E-state index contributed by atoms with van der Waals surface area (Å²) in [7, 11) is 0. The van der Waals surface area contributed by atoms with Crippen molar-refractivity contribution in [3.05, 3.63) is 35.9 Å². The molecule has 0 unspecified atom stereocenters. The van der Waals surface area contributed by atoms with Crippen LogP contribution in [0.15, 0.2) is 30.3 Å². The van der Waals surface area contributed by atoms with Crippen LogP contribution in [0, 0.1) is 0 Å². The Hall–Kier alpha value is -2.04. The van der Waals surface area contributed by atoms with Crippen molar-refractivity contribution in [1.82, 2.24) is 10.6 Å². The number of amides is 2. The smallest absolute Gasteiger partial charge is 0.408 e. The van der Waals surface area contributed by atoms with Crippen LogP contribution in [-0.2, 0) is 9.53 Å². The second-order valence-corrected chi connectivity index (χ2v) is 6.15. The van der Waals surface area contributed by atoms with Gasteiger partial charge >= 0.3 is 6.09 Å². The summed E-state index contributed by atoms with van der Waals surface area (Å²) in [6.45, 7) is 9.07. The number of hydrogen-bond donors (Lipinski definition) is 2. The summed E-state index contributed by atoms with van der Waals surface area (Å²) in [6, 6.07) is 8.30. The molecule has 1 aromatic carbocycles. The van der Waals surface area contributed by atoms with E-state index in [1.807, 2.05) is 32.0 Å². The second kappa shape index (κ2) is 7.11. The fourth-order valence-corrected chi connectivity index (χ4v) is 1.74. The van der Waals surface area contributed by atoms with Crippen LogP contribution in [0.3, 0.4) is 0 Å². The molecule has 0 bridgehead atoms. The Kier molecular flexibility index (Phi) is 5.76. The van der Waals surface area contributed by atoms with Gasteiger partial charge in [-0.1, -0.05) is 30.3 Å². The summed E-state index contributed by atoms with van der Waals surface area (Å²) >= 11 is 0. The van der Waals surface area contributed by atoms with Gasteiger partial charge in [0.25, 0.3) is 0 Å². The zero-order valence-corrected chi connectivity index (χ0v) is 13.3. The number of nitrogens with one attached hydrogen (secondary N) is 2. The van der Waals surface area contributed by atoms with Gasteiger partial charge in [-0.25, -0.2) is 4.79 Å². The summed E-state index contributed by atoms with van der Waals surface area (Å²) in [5.74, 6) is -0.262. The summed E-state index contributed by atoms with van der Waals surface area (Å²) in [5, 5.41) is 5.42. The van der Waals surface area contributed by atoms with Crippen molar-refractivity contribution in [3.63, 3.8) is 0 Å². The highest BCUT2D eigenvalue weighted by atomic mass is 16.6. The van der Waals surface area contributed by atoms with E-state index in [2.05, 4.69) is 10.6 Å². The van der Waals surface area contributed by atoms with Gasteiger partial charge in [0.15, 0.2) is 0 Å². The zero-order valence-electron chi connectivity index (χ0n) is 13.3. The molecule has 5 heteroatoms. The first kappa shape index (κ1) is 17.0. The van der Waals surface area contributed by atoms with Gasteiger partial charge in [0.2, 0.25) is 5.91 Å². The van der Waals surface area contributed by atoms with Crippen LogP contribution in [0.2, 0.25) is 0 Å². The van der Waals surface area contributed by atoms with E-state index in [1.54, 1.807) is 32.9 Å². The molecule has 5 nitrogen and oxygen atoms in total. The topological polar surface area (TPSA) is 67.4 Å². The third-order valence-electron chi connectivity index (χ3n) is 2.49. The van der Waals surface area contributed by atoms with E-state index in [0.717, 1.165) is 0 Å². The first-order valence-corrected chi connectivity index (χ1v) is 7.04. The second-order valence-electron chi connectivity index (χ2n) is 6.15. The van der Waals surface area contributed by atoms with Crippen LogP contribution >= 0.6 is 0 Å². The Bertz CT molecular complexity index is 478. The minimum Gasteiger partial charge on any atom is -0.444 e. The lowest BCUT2D eigenvalue weighted by atomic mass is 10.1. The van der Waals surface area contributed by atoms with Gasteiger partial charge in [-0.05, 0) is 40.2 Å². The number of carbonyl (C=O) groups excluding carboxylic acids is 2. The zero-order chi connectivity index (χ0) is 16.0. The minimum atomic E-state index is -0.775. The number of hydrogen-bond acceptors (Lipinski definition) is 3. The lowest BCUT2D eigenvalue weighted by Gasteiger charge is -2.24. The van der Waals surface area contributed by atoms with E-state index in [9.17, 15) is 9.59 Å². The molecule has 0 radical (unpaired) electrons. The van der Waals surface area contributed by atoms with Crippen molar-refractivity contribution in [1.29, 1.82) is 0 Å². The van der Waals surface area contributed by atoms with E-state index in [4.69, 9.17) is 4.74 Å². The molecule has 1 atom stereocenters. The van der Waals surface area contributed by atoms with Gasteiger partial charge in [0.1, 0.15) is 11.6 Å². The van der Waals surface area contributed by atoms with Gasteiger partial charge in [-0.2, -0.15) is 0 Å². The molecule has 0 spiro atoms. The fraction of sp³-hybridized carbons (Fsp3) is 0.500. The molecule has 0 aliphatic rings. The summed E-state index contributed by atoms with van der Waals surface area (Å²) in [5.41, 5.74) is 0.0985. The predicted molar refractivity (Wildman–Crippen MR) is 81.8 cm³/mol. The molecule has 0 aromatic heterocycles. The summed E-state index contributed by atoms with van der Waals surface area (Å²) in [6.07, 6.45) is -0.616. The van der Waals surface area contributed by atoms with Crippen LogP contribution in [0.25, 0.3) is 0 Å². The minimum absolute atomic E-state index is 0.0100. The standard InChI is InChI=1S/C16H24N2O3/c1-11(2)17-14(19)13(12-9-7-6-8-10-12)18-15(20)21-16(3,4)5/h6-11,13H,1-5H3,(H,17,19)(H,18,20)/t13-/m0/s1. The highest BCUT2D eigenvalue weighted by Crippen LogP contribution is 2.15. The van der Waals surface area contributed by atoms with Crippen LogP contribution in [0.5, 0.6) is 0 Å². The lowest BCUT2D eigenvalue weighted by Crippen LogP contribution is -2.44. The van der Waals surface area contributed by atoms with Crippen molar-refractivity contribution in [3.8, 4) is 0 Å². The van der Waals surface area contributed by atoms with Gasteiger partial charge in [0, 0.05) is 6.04 Å². The monoisotopic (exact) mass is 292 g/mol. The fourth-order valence-electron chi connectivity index (χ4n) is 1.74. The Labute approximate surface area is 126 Å². The van der Waals surface area contributed by atoms with Crippen LogP contribution in [0.1, 0.15) is 46.2 Å². The van der Waals surface area contributed by atoms with Crippen molar-refractivity contribution in [2.45, 2.75) is 52.3 Å². The normalized spacial score (nSPS) is 12.7. The van der Waals surface area contributed by atoms with Crippen LogP contribution in [0.4, 0.5) is 4.79 Å². The Morgan fingerprint density at radius 1 is 1.05 bits per heavy atom. The number of rotatable bonds is 4. The third-order valence-corrected chi connectivity index (χ3v) is 2.49. The molecule has 0 saturated carbocycles. The number of carbonyl (C=O) groups is 2. The van der Waals surface area contributed by atoms with E-state index in [0.29, 0.717) is 5.56 Å². The lowest BCUT2D eigenvalue weighted by molar-refractivity contribution is -0.123. The molecule has 2 amide bonds. The van der Waals surface area contributed by atoms with Gasteiger partial charge < -0.3 is 15.4 Å². The maximum atomic E-state index is 12.3. The molecule has 116 valence electrons. The number of benzene rings is 1. The molecule has 0 aliphatic carbocycles. The molecule has 1 rings (SSSR count). The number of ether oxygens (including phenoxy) is 1. The summed E-state index contributed by atoms with van der Waals surface area (Å²) in [4.78, 5) is 24.2. The van der Waals surface area contributed by atoms with E-state index < -0.39 is 17.7 Å². The maximum absolute atomic E-state index is 12.3. The molecule has 21 heavy (non-hydrogen) atoms. The van der Waals surface area contributed by atoms with E-state index in [1.165, 1.54) is 0 Å². The highest BCUT2D eigenvalue weighted by molar-refractivity contribution is 5.87. The van der Waals surface area contributed by atoms with Crippen LogP contribution in [-0.4, -0.2) is 23.6 Å². The first-order valence-electron chi connectivity index (χ1n) is 7.04. The molecule has 0 aliphatic heterocycles. The third kappa shape index (κ3) is 6.29. The van der Waals surface area contributed by atoms with Crippen molar-refractivity contribution >= 4 is 12.0 Å². The first-order chi connectivity index (χ1) is 9.69. The Balaban J connectivity index is 2.88. The van der Waals surface area contributed by atoms with Crippen LogP contribution < -0.4 is 10.6 Å². The molecule has 0 saturated heterocycles. The molecule has 0 fully saturated rings.